The minimum absolute atomic E-state index is 0.0581. The zero-order valence-corrected chi connectivity index (χ0v) is 7.69. The molecule has 0 aliphatic carbocycles. The molecule has 1 aliphatic rings. The summed E-state index contributed by atoms with van der Waals surface area (Å²) in [6.45, 7) is 0.745. The normalized spacial score (nSPS) is 23.1. The molecule has 0 amide bonds. The average Bonchev–Trinajstić information content (AvgIpc) is 2.15. The molecule has 5 nitrogen and oxygen atoms in total. The summed E-state index contributed by atoms with van der Waals surface area (Å²) in [5, 5.41) is 20.3. The lowest BCUT2D eigenvalue weighted by molar-refractivity contribution is -0.135. The first kappa shape index (κ1) is 10.7. The monoisotopic (exact) mass is 199 g/mol. The van der Waals surface area contributed by atoms with Crippen molar-refractivity contribution < 1.29 is 19.8 Å². The molecular weight excluding hydrogens is 186 g/mol. The van der Waals surface area contributed by atoms with E-state index in [1.165, 1.54) is 0 Å². The van der Waals surface area contributed by atoms with Crippen LogP contribution in [-0.2, 0) is 9.59 Å². The van der Waals surface area contributed by atoms with Crippen LogP contribution in [0.15, 0.2) is 11.6 Å². The summed E-state index contributed by atoms with van der Waals surface area (Å²) >= 11 is 0. The van der Waals surface area contributed by atoms with Crippen LogP contribution in [-0.4, -0.2) is 34.7 Å². The fraction of sp³-hybridized carbons (Fsp3) is 0.556. The quantitative estimate of drug-likeness (QED) is 0.566. The lowest BCUT2D eigenvalue weighted by Gasteiger charge is -2.23. The number of nitrogens with one attached hydrogen (secondary N) is 1. The van der Waals surface area contributed by atoms with Crippen molar-refractivity contribution in [3.63, 3.8) is 0 Å². The summed E-state index contributed by atoms with van der Waals surface area (Å²) in [5.41, 5.74) is -0.0581. The summed E-state index contributed by atoms with van der Waals surface area (Å²) in [6, 6.07) is -0.322. The van der Waals surface area contributed by atoms with E-state index in [2.05, 4.69) is 5.32 Å². The van der Waals surface area contributed by atoms with Crippen LogP contribution in [0, 0.1) is 0 Å². The van der Waals surface area contributed by atoms with Crippen LogP contribution in [0.25, 0.3) is 0 Å². The maximum absolute atomic E-state index is 10.8. The van der Waals surface area contributed by atoms with Crippen LogP contribution < -0.4 is 5.32 Å². The van der Waals surface area contributed by atoms with Crippen LogP contribution in [0.4, 0.5) is 0 Å². The topological polar surface area (TPSA) is 86.6 Å². The van der Waals surface area contributed by atoms with Crippen LogP contribution >= 0.6 is 0 Å². The SMILES string of the molecule is O=C(O)/C=C(\C(=O)O)C1CCCCN1. The Morgan fingerprint density at radius 2 is 2.00 bits per heavy atom. The van der Waals surface area contributed by atoms with Gasteiger partial charge in [-0.2, -0.15) is 0 Å². The number of carboxylic acid groups (broad SMARTS) is 2. The highest BCUT2D eigenvalue weighted by atomic mass is 16.4. The molecule has 3 N–H and O–H groups in total. The second-order valence-corrected chi connectivity index (χ2v) is 3.25. The third kappa shape index (κ3) is 2.85. The predicted octanol–water partition coefficient (Wildman–Crippen LogP) is 0.224. The molecule has 0 bridgehead atoms. The number of hydrogen-bond acceptors (Lipinski definition) is 3. The smallest absolute Gasteiger partial charge is 0.333 e. The van der Waals surface area contributed by atoms with Crippen molar-refractivity contribution in [2.24, 2.45) is 0 Å². The zero-order chi connectivity index (χ0) is 10.6. The van der Waals surface area contributed by atoms with Crippen LogP contribution in [0.2, 0.25) is 0 Å². The number of aliphatic carboxylic acids is 2. The Labute approximate surface area is 81.4 Å². The van der Waals surface area contributed by atoms with Gasteiger partial charge in [0.1, 0.15) is 0 Å². The van der Waals surface area contributed by atoms with Crippen molar-refractivity contribution in [1.82, 2.24) is 5.32 Å². The van der Waals surface area contributed by atoms with Crippen LogP contribution in [0.3, 0.4) is 0 Å². The van der Waals surface area contributed by atoms with Crippen molar-refractivity contribution >= 4 is 11.9 Å². The van der Waals surface area contributed by atoms with E-state index in [1.54, 1.807) is 0 Å². The summed E-state index contributed by atoms with van der Waals surface area (Å²) in [7, 11) is 0. The molecule has 1 atom stereocenters. The molecule has 1 aliphatic heterocycles. The summed E-state index contributed by atoms with van der Waals surface area (Å²) in [5.74, 6) is -2.37. The molecule has 78 valence electrons. The van der Waals surface area contributed by atoms with Gasteiger partial charge in [-0.05, 0) is 19.4 Å². The zero-order valence-electron chi connectivity index (χ0n) is 7.69. The predicted molar refractivity (Wildman–Crippen MR) is 49.0 cm³/mol. The third-order valence-electron chi connectivity index (χ3n) is 2.21. The van der Waals surface area contributed by atoms with E-state index in [0.717, 1.165) is 25.5 Å². The molecule has 0 aromatic carbocycles. The fourth-order valence-electron chi connectivity index (χ4n) is 1.56. The maximum Gasteiger partial charge on any atom is 0.333 e. The third-order valence-corrected chi connectivity index (χ3v) is 2.21. The van der Waals surface area contributed by atoms with Gasteiger partial charge in [-0.1, -0.05) is 6.42 Å². The highest BCUT2D eigenvalue weighted by Gasteiger charge is 2.22. The number of piperidine rings is 1. The van der Waals surface area contributed by atoms with Gasteiger partial charge in [0, 0.05) is 12.1 Å². The van der Waals surface area contributed by atoms with Gasteiger partial charge in [-0.25, -0.2) is 9.59 Å². The lowest BCUT2D eigenvalue weighted by atomic mass is 9.97. The number of carbonyl (C=O) groups is 2. The van der Waals surface area contributed by atoms with Gasteiger partial charge < -0.3 is 15.5 Å². The van der Waals surface area contributed by atoms with Crippen molar-refractivity contribution in [2.45, 2.75) is 25.3 Å². The standard InChI is InChI=1S/C9H13NO4/c11-8(12)5-6(9(13)14)7-3-1-2-4-10-7/h5,7,10H,1-4H2,(H,11,12)(H,13,14)/b6-5-. The first-order chi connectivity index (χ1) is 6.61. The van der Waals surface area contributed by atoms with Gasteiger partial charge in [0.05, 0.1) is 5.57 Å². The number of rotatable bonds is 3. The largest absolute Gasteiger partial charge is 0.478 e. The molecule has 1 fully saturated rings. The van der Waals surface area contributed by atoms with E-state index < -0.39 is 11.9 Å². The first-order valence-electron chi connectivity index (χ1n) is 4.52. The molecule has 0 radical (unpaired) electrons. The Morgan fingerprint density at radius 3 is 2.43 bits per heavy atom. The van der Waals surface area contributed by atoms with E-state index in [-0.39, 0.29) is 11.6 Å². The van der Waals surface area contributed by atoms with E-state index in [4.69, 9.17) is 10.2 Å². The molecule has 0 aromatic rings. The van der Waals surface area contributed by atoms with Gasteiger partial charge in [0.25, 0.3) is 0 Å². The van der Waals surface area contributed by atoms with Crippen molar-refractivity contribution in [3.05, 3.63) is 11.6 Å². The molecule has 14 heavy (non-hydrogen) atoms. The summed E-state index contributed by atoms with van der Waals surface area (Å²) < 4.78 is 0. The van der Waals surface area contributed by atoms with Gasteiger partial charge in [0.15, 0.2) is 0 Å². The van der Waals surface area contributed by atoms with E-state index in [1.807, 2.05) is 0 Å². The molecule has 5 heteroatoms. The lowest BCUT2D eigenvalue weighted by Crippen LogP contribution is -2.38. The van der Waals surface area contributed by atoms with Crippen LogP contribution in [0.5, 0.6) is 0 Å². The highest BCUT2D eigenvalue weighted by molar-refractivity contribution is 5.95. The highest BCUT2D eigenvalue weighted by Crippen LogP contribution is 2.14. The van der Waals surface area contributed by atoms with Gasteiger partial charge in [-0.15, -0.1) is 0 Å². The number of carboxylic acids is 2. The Balaban J connectivity index is 2.76. The second-order valence-electron chi connectivity index (χ2n) is 3.25. The molecule has 1 rings (SSSR count). The van der Waals surface area contributed by atoms with Gasteiger partial charge in [0.2, 0.25) is 0 Å². The Bertz CT molecular complexity index is 266. The van der Waals surface area contributed by atoms with E-state index in [0.29, 0.717) is 6.42 Å². The Kier molecular flexibility index (Phi) is 3.64. The number of hydrogen-bond donors (Lipinski definition) is 3. The molecular formula is C9H13NO4. The average molecular weight is 199 g/mol. The minimum Gasteiger partial charge on any atom is -0.478 e. The molecule has 0 spiro atoms. The molecule has 0 saturated carbocycles. The molecule has 1 saturated heterocycles. The Hall–Kier alpha value is -1.36. The van der Waals surface area contributed by atoms with Crippen LogP contribution in [0.1, 0.15) is 19.3 Å². The van der Waals surface area contributed by atoms with E-state index in [9.17, 15) is 9.59 Å². The molecule has 1 heterocycles. The van der Waals surface area contributed by atoms with Crippen molar-refractivity contribution in [2.75, 3.05) is 6.54 Å². The van der Waals surface area contributed by atoms with Gasteiger partial charge in [-0.3, -0.25) is 0 Å². The molecule has 1 unspecified atom stereocenters. The summed E-state index contributed by atoms with van der Waals surface area (Å²) in [4.78, 5) is 21.2. The second kappa shape index (κ2) is 4.76. The maximum atomic E-state index is 10.8. The molecule has 0 aromatic heterocycles. The fourth-order valence-corrected chi connectivity index (χ4v) is 1.56. The van der Waals surface area contributed by atoms with E-state index >= 15 is 0 Å². The van der Waals surface area contributed by atoms with Crippen molar-refractivity contribution in [1.29, 1.82) is 0 Å². The Morgan fingerprint density at radius 1 is 1.29 bits per heavy atom. The minimum atomic E-state index is -1.21. The van der Waals surface area contributed by atoms with Gasteiger partial charge >= 0.3 is 11.9 Å². The first-order valence-corrected chi connectivity index (χ1v) is 4.52. The summed E-state index contributed by atoms with van der Waals surface area (Å²) in [6.07, 6.45) is 3.40. The van der Waals surface area contributed by atoms with Crippen molar-refractivity contribution in [3.8, 4) is 0 Å².